The first-order chi connectivity index (χ1) is 14.3. The minimum Gasteiger partial charge on any atom is -0.490 e. The normalized spacial score (nSPS) is 17.4. The van der Waals surface area contributed by atoms with Crippen LogP contribution in [-0.4, -0.2) is 51.5 Å². The van der Waals surface area contributed by atoms with Gasteiger partial charge in [0.15, 0.2) is 11.6 Å². The summed E-state index contributed by atoms with van der Waals surface area (Å²) in [6.45, 7) is 1.40. The van der Waals surface area contributed by atoms with Gasteiger partial charge in [-0.25, -0.2) is 22.3 Å². The number of sulfonamides is 1. The van der Waals surface area contributed by atoms with Crippen molar-refractivity contribution >= 4 is 22.0 Å². The summed E-state index contributed by atoms with van der Waals surface area (Å²) in [5.74, 6) is -0.458. The largest absolute Gasteiger partial charge is 0.490 e. The van der Waals surface area contributed by atoms with Crippen LogP contribution in [0.3, 0.4) is 0 Å². The van der Waals surface area contributed by atoms with Crippen LogP contribution in [0, 0.1) is 11.7 Å². The Labute approximate surface area is 175 Å². The summed E-state index contributed by atoms with van der Waals surface area (Å²) in [5.41, 5.74) is 0. The van der Waals surface area contributed by atoms with Crippen molar-refractivity contribution in [3.8, 4) is 5.75 Å². The highest BCUT2D eigenvalue weighted by atomic mass is 32.2. The zero-order valence-electron chi connectivity index (χ0n) is 16.6. The highest BCUT2D eigenvalue weighted by Crippen LogP contribution is 2.30. The fourth-order valence-corrected chi connectivity index (χ4v) is 3.95. The van der Waals surface area contributed by atoms with Gasteiger partial charge in [0.05, 0.1) is 11.5 Å². The minimum absolute atomic E-state index is 0.0316. The zero-order valence-corrected chi connectivity index (χ0v) is 17.4. The van der Waals surface area contributed by atoms with E-state index in [1.165, 1.54) is 17.0 Å². The van der Waals surface area contributed by atoms with Gasteiger partial charge in [0, 0.05) is 32.1 Å². The first-order valence-corrected chi connectivity index (χ1v) is 11.5. The molecule has 2 aliphatic rings. The van der Waals surface area contributed by atoms with Gasteiger partial charge in [-0.15, -0.1) is 0 Å². The molecule has 10 heteroatoms. The summed E-state index contributed by atoms with van der Waals surface area (Å²) >= 11 is 0. The van der Waals surface area contributed by atoms with Crippen LogP contribution in [0.5, 0.6) is 5.75 Å². The van der Waals surface area contributed by atoms with Crippen molar-refractivity contribution in [2.24, 2.45) is 5.92 Å². The van der Waals surface area contributed by atoms with Crippen LogP contribution in [-0.2, 0) is 14.8 Å². The molecular weight excluding hydrogens is 413 g/mol. The molecule has 3 rings (SSSR count). The number of hydrogen-bond donors (Lipinski definition) is 2. The third-order valence-electron chi connectivity index (χ3n) is 4.86. The molecule has 164 valence electrons. The maximum absolute atomic E-state index is 13.8. The molecular formula is C20H26FN3O5S. The van der Waals surface area contributed by atoms with Crippen LogP contribution < -0.4 is 14.8 Å². The Morgan fingerprint density at radius 2 is 2.07 bits per heavy atom. The molecule has 0 spiro atoms. The quantitative estimate of drug-likeness (QED) is 0.406. The van der Waals surface area contributed by atoms with E-state index in [1.54, 1.807) is 0 Å². The summed E-state index contributed by atoms with van der Waals surface area (Å²) in [4.78, 5) is 24.2. The average Bonchev–Trinajstić information content (AvgIpc) is 3.52. The molecule has 0 atom stereocenters. The van der Waals surface area contributed by atoms with Crippen LogP contribution >= 0.6 is 0 Å². The Morgan fingerprint density at radius 3 is 2.80 bits per heavy atom. The molecule has 1 aromatic carbocycles. The van der Waals surface area contributed by atoms with Gasteiger partial charge < -0.3 is 9.64 Å². The second-order valence-corrected chi connectivity index (χ2v) is 9.17. The Kier molecular flexibility index (Phi) is 7.43. The van der Waals surface area contributed by atoms with Crippen molar-refractivity contribution in [2.75, 3.05) is 26.2 Å². The molecule has 0 bridgehead atoms. The third-order valence-corrected chi connectivity index (χ3v) is 6.32. The Balaban J connectivity index is 1.40. The van der Waals surface area contributed by atoms with E-state index < -0.39 is 21.9 Å². The van der Waals surface area contributed by atoms with Gasteiger partial charge in [0.2, 0.25) is 15.9 Å². The van der Waals surface area contributed by atoms with Gasteiger partial charge in [0.1, 0.15) is 0 Å². The molecule has 1 saturated heterocycles. The Hall–Kier alpha value is -2.46. The van der Waals surface area contributed by atoms with E-state index in [1.807, 2.05) is 12.2 Å². The molecule has 0 aromatic heterocycles. The number of urea groups is 1. The van der Waals surface area contributed by atoms with Crippen LogP contribution in [0.15, 0.2) is 35.2 Å². The lowest BCUT2D eigenvalue weighted by atomic mass is 10.2. The van der Waals surface area contributed by atoms with E-state index in [0.29, 0.717) is 38.5 Å². The smallest absolute Gasteiger partial charge is 0.324 e. The number of allylic oxidation sites excluding steroid dienone is 1. The number of amides is 3. The molecule has 1 aromatic rings. The van der Waals surface area contributed by atoms with Gasteiger partial charge in [-0.2, -0.15) is 0 Å². The summed E-state index contributed by atoms with van der Waals surface area (Å²) in [7, 11) is -3.76. The third kappa shape index (κ3) is 6.53. The topological polar surface area (TPSA) is 105 Å². The average molecular weight is 440 g/mol. The van der Waals surface area contributed by atoms with E-state index in [4.69, 9.17) is 4.74 Å². The highest BCUT2D eigenvalue weighted by Gasteiger charge is 2.23. The number of halogens is 1. The van der Waals surface area contributed by atoms with Crippen molar-refractivity contribution in [1.82, 2.24) is 14.9 Å². The number of benzene rings is 1. The molecule has 3 amide bonds. The van der Waals surface area contributed by atoms with Crippen molar-refractivity contribution in [1.29, 1.82) is 0 Å². The molecule has 1 aliphatic heterocycles. The highest BCUT2D eigenvalue weighted by molar-refractivity contribution is 7.89. The molecule has 1 saturated carbocycles. The number of nitrogens with one attached hydrogen (secondary N) is 2. The Bertz CT molecular complexity index is 915. The molecule has 30 heavy (non-hydrogen) atoms. The predicted molar refractivity (Wildman–Crippen MR) is 108 cm³/mol. The number of unbranched alkanes of at least 4 members (excludes halogenated alkanes) is 1. The lowest BCUT2D eigenvalue weighted by Crippen LogP contribution is -2.49. The summed E-state index contributed by atoms with van der Waals surface area (Å²) < 4.78 is 46.6. The number of imide groups is 1. The molecule has 1 aliphatic carbocycles. The van der Waals surface area contributed by atoms with Crippen molar-refractivity contribution in [3.63, 3.8) is 0 Å². The summed E-state index contributed by atoms with van der Waals surface area (Å²) in [5, 5.41) is 2.25. The van der Waals surface area contributed by atoms with E-state index in [9.17, 15) is 22.4 Å². The second-order valence-electron chi connectivity index (χ2n) is 7.41. The maximum atomic E-state index is 13.8. The molecule has 0 unspecified atom stereocenters. The van der Waals surface area contributed by atoms with E-state index in [2.05, 4.69) is 10.0 Å². The minimum atomic E-state index is -3.76. The standard InChI is InChI=1S/C20H26FN3O5S/c21-17-8-7-16(13-18(17)29-14-15-5-6-15)30(27,28)22-10-3-1-2-4-11-24-12-9-19(25)23-20(24)26/h2,4,7-8,13,15,22H,1,3,5-6,9-12,14H2,(H,23,25,26). The number of carbonyl (C=O) groups excluding carboxylic acids is 2. The first-order valence-electron chi connectivity index (χ1n) is 10.0. The Morgan fingerprint density at radius 1 is 1.27 bits per heavy atom. The van der Waals surface area contributed by atoms with Gasteiger partial charge >= 0.3 is 6.03 Å². The van der Waals surface area contributed by atoms with Gasteiger partial charge in [-0.05, 0) is 43.7 Å². The van der Waals surface area contributed by atoms with Gasteiger partial charge in [0.25, 0.3) is 0 Å². The number of ether oxygens (including phenoxy) is 1. The predicted octanol–water partition coefficient (Wildman–Crippen LogP) is 2.17. The number of nitrogens with zero attached hydrogens (tertiary/aromatic N) is 1. The lowest BCUT2D eigenvalue weighted by Gasteiger charge is -2.25. The fraction of sp³-hybridized carbons (Fsp3) is 0.500. The maximum Gasteiger partial charge on any atom is 0.324 e. The fourth-order valence-electron chi connectivity index (χ4n) is 2.86. The van der Waals surface area contributed by atoms with E-state index >= 15 is 0 Å². The molecule has 0 radical (unpaired) electrons. The molecule has 8 nitrogen and oxygen atoms in total. The van der Waals surface area contributed by atoms with Gasteiger partial charge in [-0.3, -0.25) is 10.1 Å². The van der Waals surface area contributed by atoms with Crippen molar-refractivity contribution in [3.05, 3.63) is 36.2 Å². The van der Waals surface area contributed by atoms with Crippen molar-refractivity contribution in [2.45, 2.75) is 37.0 Å². The van der Waals surface area contributed by atoms with Crippen LogP contribution in [0.1, 0.15) is 32.1 Å². The molecule has 2 fully saturated rings. The van der Waals surface area contributed by atoms with Crippen LogP contribution in [0.4, 0.5) is 9.18 Å². The zero-order chi connectivity index (χ0) is 21.6. The van der Waals surface area contributed by atoms with Crippen LogP contribution in [0.25, 0.3) is 0 Å². The molecule has 2 N–H and O–H groups in total. The second kappa shape index (κ2) is 10.0. The van der Waals surface area contributed by atoms with E-state index in [0.717, 1.165) is 18.9 Å². The van der Waals surface area contributed by atoms with E-state index in [-0.39, 0.29) is 29.5 Å². The first kappa shape index (κ1) is 22.2. The van der Waals surface area contributed by atoms with Crippen LogP contribution in [0.2, 0.25) is 0 Å². The molecule has 1 heterocycles. The summed E-state index contributed by atoms with van der Waals surface area (Å²) in [6, 6.07) is 3.14. The number of hydrogen-bond acceptors (Lipinski definition) is 5. The SMILES string of the molecule is O=C1CCN(CC=CCCCNS(=O)(=O)c2ccc(F)c(OCC3CC3)c2)C(=O)N1. The van der Waals surface area contributed by atoms with Crippen molar-refractivity contribution < 1.29 is 27.1 Å². The van der Waals surface area contributed by atoms with Gasteiger partial charge in [-0.1, -0.05) is 12.2 Å². The number of carbonyl (C=O) groups is 2. The monoisotopic (exact) mass is 439 g/mol. The summed E-state index contributed by atoms with van der Waals surface area (Å²) in [6.07, 6.45) is 7.26. The lowest BCUT2D eigenvalue weighted by molar-refractivity contribution is -0.121. The number of rotatable bonds is 11.